The highest BCUT2D eigenvalue weighted by Gasteiger charge is 2.21. The van der Waals surface area contributed by atoms with Crippen LogP contribution in [0.1, 0.15) is 19.8 Å². The van der Waals surface area contributed by atoms with Crippen LogP contribution in [0.3, 0.4) is 0 Å². The van der Waals surface area contributed by atoms with Crippen molar-refractivity contribution in [2.75, 3.05) is 20.8 Å². The zero-order valence-corrected chi connectivity index (χ0v) is 9.82. The third-order valence-corrected chi connectivity index (χ3v) is 1.85. The number of ether oxygens (including phenoxy) is 2. The summed E-state index contributed by atoms with van der Waals surface area (Å²) in [5.41, 5.74) is 5.31. The van der Waals surface area contributed by atoms with Crippen molar-refractivity contribution in [1.82, 2.24) is 0 Å². The molecule has 0 atom stereocenters. The second-order valence-corrected chi connectivity index (χ2v) is 3.00. The Morgan fingerprint density at radius 1 is 1.38 bits per heavy atom. The number of hydrogen-bond donors (Lipinski definition) is 2. The number of nitrogens with two attached hydrogens (primary N) is 1. The molecule has 0 aliphatic rings. The fourth-order valence-corrected chi connectivity index (χ4v) is 0.942. The lowest BCUT2D eigenvalue weighted by molar-refractivity contribution is -0.136. The molecule has 0 rings (SSSR count). The van der Waals surface area contributed by atoms with Gasteiger partial charge in [0.2, 0.25) is 0 Å². The van der Waals surface area contributed by atoms with E-state index in [-0.39, 0.29) is 11.4 Å². The largest absolute Gasteiger partial charge is 0.480 e. The first-order valence-corrected chi connectivity index (χ1v) is 4.94. The molecule has 0 bridgehead atoms. The van der Waals surface area contributed by atoms with Gasteiger partial charge in [-0.05, 0) is 6.42 Å². The van der Waals surface area contributed by atoms with E-state index >= 15 is 0 Å². The molecular weight excluding hydrogens is 212 g/mol. The van der Waals surface area contributed by atoms with Gasteiger partial charge in [0.25, 0.3) is 5.95 Å². The predicted octanol–water partition coefficient (Wildman–Crippen LogP) is 0.733. The molecule has 0 aliphatic heterocycles. The van der Waals surface area contributed by atoms with Gasteiger partial charge in [-0.2, -0.15) is 0 Å². The Kier molecular flexibility index (Phi) is 6.74. The van der Waals surface area contributed by atoms with Crippen LogP contribution in [0.2, 0.25) is 0 Å². The molecule has 0 amide bonds. The Morgan fingerprint density at radius 3 is 2.44 bits per heavy atom. The zero-order valence-electron chi connectivity index (χ0n) is 9.82. The minimum Gasteiger partial charge on any atom is -0.480 e. The average Bonchev–Trinajstić information content (AvgIpc) is 2.29. The van der Waals surface area contributed by atoms with Gasteiger partial charge < -0.3 is 20.3 Å². The molecule has 0 fully saturated rings. The SMILES string of the molecule is CCCCN=C(N)/C(C(=O)OC)=C(/O)OC. The van der Waals surface area contributed by atoms with Crippen LogP contribution in [0.25, 0.3) is 0 Å². The van der Waals surface area contributed by atoms with Gasteiger partial charge in [0.15, 0.2) is 5.57 Å². The fourth-order valence-electron chi connectivity index (χ4n) is 0.942. The zero-order chi connectivity index (χ0) is 12.6. The van der Waals surface area contributed by atoms with Gasteiger partial charge in [0.1, 0.15) is 5.84 Å². The first-order valence-electron chi connectivity index (χ1n) is 4.94. The van der Waals surface area contributed by atoms with Crippen LogP contribution in [0, 0.1) is 0 Å². The van der Waals surface area contributed by atoms with Gasteiger partial charge in [-0.3, -0.25) is 4.99 Å². The Hall–Kier alpha value is -1.72. The van der Waals surface area contributed by atoms with E-state index in [0.29, 0.717) is 6.54 Å². The van der Waals surface area contributed by atoms with E-state index in [9.17, 15) is 9.90 Å². The van der Waals surface area contributed by atoms with Gasteiger partial charge in [-0.1, -0.05) is 13.3 Å². The number of amidine groups is 1. The second kappa shape index (κ2) is 7.56. The van der Waals surface area contributed by atoms with Gasteiger partial charge in [-0.25, -0.2) is 4.79 Å². The minimum atomic E-state index is -0.780. The number of aliphatic hydroxyl groups excluding tert-OH is 1. The Labute approximate surface area is 94.8 Å². The van der Waals surface area contributed by atoms with Crippen LogP contribution < -0.4 is 5.73 Å². The average molecular weight is 230 g/mol. The number of esters is 1. The van der Waals surface area contributed by atoms with Crippen LogP contribution in [0.5, 0.6) is 0 Å². The lowest BCUT2D eigenvalue weighted by Crippen LogP contribution is -2.25. The molecule has 0 unspecified atom stereocenters. The van der Waals surface area contributed by atoms with Crippen molar-refractivity contribution in [2.45, 2.75) is 19.8 Å². The third kappa shape index (κ3) is 4.20. The molecular formula is C10H18N2O4. The lowest BCUT2D eigenvalue weighted by Gasteiger charge is -2.07. The summed E-state index contributed by atoms with van der Waals surface area (Å²) in [7, 11) is 2.40. The Balaban J connectivity index is 4.91. The molecule has 3 N–H and O–H groups in total. The van der Waals surface area contributed by atoms with Crippen molar-refractivity contribution in [3.8, 4) is 0 Å². The second-order valence-electron chi connectivity index (χ2n) is 3.00. The molecule has 92 valence electrons. The molecule has 0 aromatic carbocycles. The van der Waals surface area contributed by atoms with Gasteiger partial charge in [0, 0.05) is 6.54 Å². The van der Waals surface area contributed by atoms with E-state index in [0.717, 1.165) is 12.8 Å². The van der Waals surface area contributed by atoms with Crippen molar-refractivity contribution < 1.29 is 19.4 Å². The Morgan fingerprint density at radius 2 is 2.00 bits per heavy atom. The number of carbonyl (C=O) groups is 1. The van der Waals surface area contributed by atoms with Gasteiger partial charge >= 0.3 is 5.97 Å². The first-order chi connectivity index (χ1) is 7.58. The third-order valence-electron chi connectivity index (χ3n) is 1.85. The van der Waals surface area contributed by atoms with E-state index in [1.165, 1.54) is 14.2 Å². The summed E-state index contributed by atoms with van der Waals surface area (Å²) in [5.74, 6) is -1.46. The van der Waals surface area contributed by atoms with Crippen LogP contribution >= 0.6 is 0 Å². The topological polar surface area (TPSA) is 94.1 Å². The van der Waals surface area contributed by atoms with Crippen LogP contribution in [-0.4, -0.2) is 37.7 Å². The van der Waals surface area contributed by atoms with E-state index in [2.05, 4.69) is 14.5 Å². The molecule has 6 nitrogen and oxygen atoms in total. The maximum absolute atomic E-state index is 11.3. The molecule has 0 radical (unpaired) electrons. The van der Waals surface area contributed by atoms with Crippen LogP contribution in [0.4, 0.5) is 0 Å². The van der Waals surface area contributed by atoms with E-state index in [1.807, 2.05) is 6.92 Å². The highest BCUT2D eigenvalue weighted by atomic mass is 16.6. The van der Waals surface area contributed by atoms with E-state index in [1.54, 1.807) is 0 Å². The normalized spacial score (nSPS) is 13.1. The predicted molar refractivity (Wildman–Crippen MR) is 60.1 cm³/mol. The number of nitrogens with zero attached hydrogens (tertiary/aromatic N) is 1. The molecule has 0 spiro atoms. The summed E-state index contributed by atoms with van der Waals surface area (Å²) in [4.78, 5) is 15.3. The number of rotatable bonds is 6. The smallest absolute Gasteiger partial charge is 0.348 e. The van der Waals surface area contributed by atoms with E-state index < -0.39 is 11.9 Å². The molecule has 0 saturated carbocycles. The minimum absolute atomic E-state index is 0.0837. The number of unbranched alkanes of at least 4 members (excludes halogenated alkanes) is 1. The Bertz CT molecular complexity index is 297. The monoisotopic (exact) mass is 230 g/mol. The van der Waals surface area contributed by atoms with Crippen LogP contribution in [0.15, 0.2) is 16.5 Å². The number of hydrogen-bond acceptors (Lipinski definition) is 5. The van der Waals surface area contributed by atoms with Crippen molar-refractivity contribution >= 4 is 11.8 Å². The summed E-state index contributed by atoms with van der Waals surface area (Å²) in [6.07, 6.45) is 1.81. The number of methoxy groups -OCH3 is 2. The lowest BCUT2D eigenvalue weighted by atomic mass is 10.2. The fraction of sp³-hybridized carbons (Fsp3) is 0.600. The van der Waals surface area contributed by atoms with Crippen molar-refractivity contribution in [3.05, 3.63) is 11.5 Å². The standard InChI is InChI=1S/C10H18N2O4/c1-4-5-6-12-8(11)7(9(13)15-2)10(14)16-3/h13H,4-6H2,1-3H3,(H2,11,12)/b9-7+. The molecule has 0 aromatic heterocycles. The molecule has 6 heteroatoms. The molecule has 16 heavy (non-hydrogen) atoms. The number of carbonyl (C=O) groups excluding carboxylic acids is 1. The summed E-state index contributed by atoms with van der Waals surface area (Å²) in [6, 6.07) is 0. The maximum Gasteiger partial charge on any atom is 0.348 e. The number of aliphatic hydroxyl groups is 1. The summed E-state index contributed by atoms with van der Waals surface area (Å²) >= 11 is 0. The number of aliphatic imine (C=N–C) groups is 1. The summed E-state index contributed by atoms with van der Waals surface area (Å²) in [6.45, 7) is 2.50. The van der Waals surface area contributed by atoms with Gasteiger partial charge in [-0.15, -0.1) is 0 Å². The van der Waals surface area contributed by atoms with Gasteiger partial charge in [0.05, 0.1) is 14.2 Å². The maximum atomic E-state index is 11.3. The van der Waals surface area contributed by atoms with Crippen molar-refractivity contribution in [3.63, 3.8) is 0 Å². The quantitative estimate of drug-likeness (QED) is 0.175. The summed E-state index contributed by atoms with van der Waals surface area (Å²) < 4.78 is 9.00. The molecule has 0 saturated heterocycles. The summed E-state index contributed by atoms with van der Waals surface area (Å²) in [5, 5.41) is 9.34. The highest BCUT2D eigenvalue weighted by Crippen LogP contribution is 2.05. The first kappa shape index (κ1) is 14.3. The molecule has 0 heterocycles. The van der Waals surface area contributed by atoms with Crippen LogP contribution in [-0.2, 0) is 14.3 Å². The highest BCUT2D eigenvalue weighted by molar-refractivity contribution is 6.18. The van der Waals surface area contributed by atoms with Crippen molar-refractivity contribution in [2.24, 2.45) is 10.7 Å². The molecule has 0 aliphatic carbocycles. The van der Waals surface area contributed by atoms with E-state index in [4.69, 9.17) is 5.73 Å². The van der Waals surface area contributed by atoms with Crippen molar-refractivity contribution in [1.29, 1.82) is 0 Å². The molecule has 0 aromatic rings.